The van der Waals surface area contributed by atoms with Gasteiger partial charge in [-0.3, -0.25) is 14.1 Å². The van der Waals surface area contributed by atoms with Gasteiger partial charge in [0.15, 0.2) is 0 Å². The maximum Gasteiger partial charge on any atom is 0.268 e. The molecule has 0 atom stereocenters. The minimum Gasteiger partial charge on any atom is -0.497 e. The lowest BCUT2D eigenvalue weighted by atomic mass is 10.2. The van der Waals surface area contributed by atoms with Crippen molar-refractivity contribution in [2.45, 2.75) is 18.4 Å². The van der Waals surface area contributed by atoms with Crippen LogP contribution in [0.25, 0.3) is 0 Å². The molecule has 9 heteroatoms. The first-order valence-electron chi connectivity index (χ1n) is 9.83. The molecule has 3 aromatic rings. The summed E-state index contributed by atoms with van der Waals surface area (Å²) >= 11 is 0. The van der Waals surface area contributed by atoms with E-state index >= 15 is 0 Å². The zero-order chi connectivity index (χ0) is 23.1. The molecule has 0 radical (unpaired) electrons. The number of amides is 1. The largest absolute Gasteiger partial charge is 0.497 e. The Morgan fingerprint density at radius 3 is 2.53 bits per heavy atom. The number of aryl methyl sites for hydroxylation is 1. The Hall–Kier alpha value is -3.59. The average molecular weight is 456 g/mol. The van der Waals surface area contributed by atoms with Crippen LogP contribution in [0.4, 0.5) is 5.69 Å². The Kier molecular flexibility index (Phi) is 7.32. The number of ether oxygens (including phenoxy) is 2. The van der Waals surface area contributed by atoms with Crippen LogP contribution in [0.5, 0.6) is 11.5 Å². The maximum atomic E-state index is 13.7. The van der Waals surface area contributed by atoms with Crippen molar-refractivity contribution in [2.24, 2.45) is 0 Å². The molecular formula is C23H25N3O5S. The van der Waals surface area contributed by atoms with E-state index < -0.39 is 22.5 Å². The van der Waals surface area contributed by atoms with Gasteiger partial charge in [-0.15, -0.1) is 0 Å². The van der Waals surface area contributed by atoms with E-state index in [1.165, 1.54) is 20.3 Å². The number of sulfonamides is 1. The summed E-state index contributed by atoms with van der Waals surface area (Å²) in [5.41, 5.74) is 1.70. The van der Waals surface area contributed by atoms with Crippen LogP contribution >= 0.6 is 0 Å². The van der Waals surface area contributed by atoms with Gasteiger partial charge in [-0.05, 0) is 48.9 Å². The molecule has 0 spiro atoms. The van der Waals surface area contributed by atoms with Crippen molar-refractivity contribution in [3.8, 4) is 11.5 Å². The van der Waals surface area contributed by atoms with Crippen LogP contribution in [0.1, 0.15) is 11.3 Å². The number of nitrogens with one attached hydrogen (secondary N) is 1. The quantitative estimate of drug-likeness (QED) is 0.533. The van der Waals surface area contributed by atoms with Gasteiger partial charge >= 0.3 is 0 Å². The predicted molar refractivity (Wildman–Crippen MR) is 121 cm³/mol. The number of carbonyl (C=O) groups excluding carboxylic acids is 1. The standard InChI is InChI=1S/C23H25N3O5S/c1-17-10-11-21(31-3)22(13-17)32(28,29)26(19-8-6-9-20(14-19)30-2)16-23(27)25-15-18-7-4-5-12-24-18/h4-14H,15-16H2,1-3H3,(H,25,27). The number of rotatable bonds is 9. The second-order valence-corrected chi connectivity index (χ2v) is 8.80. The van der Waals surface area contributed by atoms with E-state index in [-0.39, 0.29) is 17.2 Å². The van der Waals surface area contributed by atoms with Crippen LogP contribution in [0.15, 0.2) is 71.8 Å². The van der Waals surface area contributed by atoms with Gasteiger partial charge in [0.2, 0.25) is 5.91 Å². The molecule has 1 aromatic heterocycles. The first-order valence-corrected chi connectivity index (χ1v) is 11.3. The van der Waals surface area contributed by atoms with E-state index in [9.17, 15) is 13.2 Å². The highest BCUT2D eigenvalue weighted by atomic mass is 32.2. The molecule has 2 aromatic carbocycles. The van der Waals surface area contributed by atoms with Crippen LogP contribution in [-0.4, -0.2) is 40.1 Å². The summed E-state index contributed by atoms with van der Waals surface area (Å²) < 4.78 is 38.9. The number of pyridine rings is 1. The van der Waals surface area contributed by atoms with Gasteiger partial charge in [-0.25, -0.2) is 8.42 Å². The fourth-order valence-corrected chi connectivity index (χ4v) is 4.72. The highest BCUT2D eigenvalue weighted by Crippen LogP contribution is 2.32. The van der Waals surface area contributed by atoms with E-state index in [1.54, 1.807) is 61.7 Å². The van der Waals surface area contributed by atoms with Crippen molar-refractivity contribution in [3.05, 3.63) is 78.1 Å². The average Bonchev–Trinajstić information content (AvgIpc) is 2.81. The van der Waals surface area contributed by atoms with Crippen LogP contribution in [0.2, 0.25) is 0 Å². The molecule has 8 nitrogen and oxygen atoms in total. The van der Waals surface area contributed by atoms with Gasteiger partial charge in [-0.2, -0.15) is 0 Å². The summed E-state index contributed by atoms with van der Waals surface area (Å²) in [4.78, 5) is 16.9. The topological polar surface area (TPSA) is 97.8 Å². The number of aromatic nitrogens is 1. The molecule has 1 amide bonds. The number of carbonyl (C=O) groups is 1. The summed E-state index contributed by atoms with van der Waals surface area (Å²) in [5, 5.41) is 2.72. The van der Waals surface area contributed by atoms with Crippen LogP contribution in [-0.2, 0) is 21.4 Å². The Balaban J connectivity index is 1.97. The summed E-state index contributed by atoms with van der Waals surface area (Å²) in [5.74, 6) is 0.179. The summed E-state index contributed by atoms with van der Waals surface area (Å²) in [6, 6.07) is 16.8. The van der Waals surface area contributed by atoms with Crippen molar-refractivity contribution in [1.29, 1.82) is 0 Å². The third-order valence-corrected chi connectivity index (χ3v) is 6.50. The number of anilines is 1. The number of nitrogens with zero attached hydrogens (tertiary/aromatic N) is 2. The van der Waals surface area contributed by atoms with Crippen molar-refractivity contribution in [3.63, 3.8) is 0 Å². The van der Waals surface area contributed by atoms with E-state index in [1.807, 2.05) is 6.07 Å². The lowest BCUT2D eigenvalue weighted by Crippen LogP contribution is -2.41. The lowest BCUT2D eigenvalue weighted by Gasteiger charge is -2.25. The predicted octanol–water partition coefficient (Wildman–Crippen LogP) is 2.92. The van der Waals surface area contributed by atoms with E-state index in [4.69, 9.17) is 9.47 Å². The van der Waals surface area contributed by atoms with Gasteiger partial charge in [0, 0.05) is 12.3 Å². The Morgan fingerprint density at radius 2 is 1.84 bits per heavy atom. The van der Waals surface area contributed by atoms with Crippen LogP contribution < -0.4 is 19.1 Å². The first-order chi connectivity index (χ1) is 15.3. The maximum absolute atomic E-state index is 13.7. The molecule has 0 bridgehead atoms. The second-order valence-electron chi connectivity index (χ2n) is 6.97. The van der Waals surface area contributed by atoms with Crippen molar-refractivity contribution in [1.82, 2.24) is 10.3 Å². The minimum absolute atomic E-state index is 0.0275. The molecule has 0 aliphatic rings. The van der Waals surface area contributed by atoms with Gasteiger partial charge in [0.25, 0.3) is 10.0 Å². The zero-order valence-corrected chi connectivity index (χ0v) is 18.9. The molecule has 1 heterocycles. The van der Waals surface area contributed by atoms with Crippen molar-refractivity contribution < 1.29 is 22.7 Å². The second kappa shape index (κ2) is 10.1. The summed E-state index contributed by atoms with van der Waals surface area (Å²) in [6.07, 6.45) is 1.62. The smallest absolute Gasteiger partial charge is 0.268 e. The molecule has 0 unspecified atom stereocenters. The van der Waals surface area contributed by atoms with Crippen molar-refractivity contribution >= 4 is 21.6 Å². The third kappa shape index (κ3) is 5.36. The molecule has 32 heavy (non-hydrogen) atoms. The molecule has 0 saturated heterocycles. The monoisotopic (exact) mass is 455 g/mol. The Bertz CT molecular complexity index is 1180. The molecule has 168 valence electrons. The van der Waals surface area contributed by atoms with Gasteiger partial charge in [-0.1, -0.05) is 18.2 Å². The van der Waals surface area contributed by atoms with Crippen LogP contribution in [0.3, 0.4) is 0 Å². The van der Waals surface area contributed by atoms with E-state index in [0.29, 0.717) is 17.1 Å². The fourth-order valence-electron chi connectivity index (χ4n) is 3.06. The molecule has 1 N–H and O–H groups in total. The highest BCUT2D eigenvalue weighted by Gasteiger charge is 2.30. The molecule has 0 saturated carbocycles. The van der Waals surface area contributed by atoms with E-state index in [0.717, 1.165) is 9.87 Å². The van der Waals surface area contributed by atoms with Gasteiger partial charge in [0.05, 0.1) is 32.1 Å². The molecule has 0 aliphatic carbocycles. The molecule has 0 aliphatic heterocycles. The number of hydrogen-bond donors (Lipinski definition) is 1. The van der Waals surface area contributed by atoms with Crippen molar-refractivity contribution in [2.75, 3.05) is 25.1 Å². The molecular weight excluding hydrogens is 430 g/mol. The minimum atomic E-state index is -4.15. The number of benzene rings is 2. The fraction of sp³-hybridized carbons (Fsp3) is 0.217. The zero-order valence-electron chi connectivity index (χ0n) is 18.1. The van der Waals surface area contributed by atoms with Crippen LogP contribution in [0, 0.1) is 6.92 Å². The third-order valence-electron chi connectivity index (χ3n) is 4.71. The normalized spacial score (nSPS) is 11.0. The SMILES string of the molecule is COc1cccc(N(CC(=O)NCc2ccccn2)S(=O)(=O)c2cc(C)ccc2OC)c1. The first kappa shape index (κ1) is 23.1. The number of methoxy groups -OCH3 is 2. The van der Waals surface area contributed by atoms with Gasteiger partial charge in [0.1, 0.15) is 22.9 Å². The highest BCUT2D eigenvalue weighted by molar-refractivity contribution is 7.93. The summed E-state index contributed by atoms with van der Waals surface area (Å²) in [6.45, 7) is 1.53. The number of hydrogen-bond acceptors (Lipinski definition) is 6. The Labute approximate surface area is 187 Å². The van der Waals surface area contributed by atoms with E-state index in [2.05, 4.69) is 10.3 Å². The Morgan fingerprint density at radius 1 is 1.03 bits per heavy atom. The molecule has 3 rings (SSSR count). The lowest BCUT2D eigenvalue weighted by molar-refractivity contribution is -0.119. The van der Waals surface area contributed by atoms with Gasteiger partial charge < -0.3 is 14.8 Å². The summed E-state index contributed by atoms with van der Waals surface area (Å²) in [7, 11) is -1.26. The molecule has 0 fully saturated rings.